The molecule has 33 heavy (non-hydrogen) atoms. The van der Waals surface area contributed by atoms with Crippen molar-refractivity contribution >= 4 is 39.1 Å². The standard InChI is InChI=1S/C25H26BrFN2O3S/c1-18-10-13-33-23(18)16-29(15-19-6-8-22(27)9-7-19)24(30)17-28(11-12-32-2)25(31)20-4-3-5-21(26)14-20/h3-10,13-14H,11-12,15-17H2,1-2H3. The Hall–Kier alpha value is -2.55. The summed E-state index contributed by atoms with van der Waals surface area (Å²) in [5, 5.41) is 1.99. The number of amides is 2. The number of methoxy groups -OCH3 is 1. The molecule has 0 fully saturated rings. The largest absolute Gasteiger partial charge is 0.383 e. The van der Waals surface area contributed by atoms with Gasteiger partial charge in [0, 0.05) is 35.1 Å². The summed E-state index contributed by atoms with van der Waals surface area (Å²) >= 11 is 4.98. The first-order chi connectivity index (χ1) is 15.9. The molecule has 0 atom stereocenters. The van der Waals surface area contributed by atoms with Crippen LogP contribution in [-0.2, 0) is 22.6 Å². The number of halogens is 2. The van der Waals surface area contributed by atoms with Gasteiger partial charge in [-0.25, -0.2) is 4.39 Å². The van der Waals surface area contributed by atoms with Crippen LogP contribution in [0.2, 0.25) is 0 Å². The molecule has 0 spiro atoms. The summed E-state index contributed by atoms with van der Waals surface area (Å²) in [5.41, 5.74) is 2.42. The lowest BCUT2D eigenvalue weighted by molar-refractivity contribution is -0.133. The average molecular weight is 533 g/mol. The van der Waals surface area contributed by atoms with E-state index in [4.69, 9.17) is 4.74 Å². The minimum Gasteiger partial charge on any atom is -0.383 e. The molecule has 0 bridgehead atoms. The van der Waals surface area contributed by atoms with E-state index in [-0.39, 0.29) is 30.7 Å². The summed E-state index contributed by atoms with van der Waals surface area (Å²) in [4.78, 5) is 30.9. The lowest BCUT2D eigenvalue weighted by Gasteiger charge is -2.28. The molecule has 0 radical (unpaired) electrons. The van der Waals surface area contributed by atoms with E-state index in [2.05, 4.69) is 15.9 Å². The first-order valence-electron chi connectivity index (χ1n) is 10.5. The molecule has 2 amide bonds. The number of hydrogen-bond donors (Lipinski definition) is 0. The van der Waals surface area contributed by atoms with Crippen molar-refractivity contribution in [2.24, 2.45) is 0 Å². The lowest BCUT2D eigenvalue weighted by atomic mass is 10.1. The third kappa shape index (κ3) is 7.22. The van der Waals surface area contributed by atoms with E-state index in [1.54, 1.807) is 53.7 Å². The Bertz CT molecular complexity index is 1090. The normalized spacial score (nSPS) is 10.8. The lowest BCUT2D eigenvalue weighted by Crippen LogP contribution is -2.43. The highest BCUT2D eigenvalue weighted by Gasteiger charge is 2.23. The maximum atomic E-state index is 13.4. The first kappa shape index (κ1) is 25.1. The van der Waals surface area contributed by atoms with E-state index in [9.17, 15) is 14.0 Å². The van der Waals surface area contributed by atoms with Crippen LogP contribution in [0, 0.1) is 12.7 Å². The van der Waals surface area contributed by atoms with Gasteiger partial charge in [-0.3, -0.25) is 9.59 Å². The Labute approximate surface area is 205 Å². The molecule has 3 aromatic rings. The fourth-order valence-corrected chi connectivity index (χ4v) is 4.62. The van der Waals surface area contributed by atoms with Crippen LogP contribution in [0.3, 0.4) is 0 Å². The fraction of sp³-hybridized carbons (Fsp3) is 0.280. The number of ether oxygens (including phenoxy) is 1. The minimum atomic E-state index is -0.323. The minimum absolute atomic E-state index is 0.0830. The molecule has 5 nitrogen and oxygen atoms in total. The van der Waals surface area contributed by atoms with E-state index in [0.29, 0.717) is 25.3 Å². The monoisotopic (exact) mass is 532 g/mol. The molecule has 174 valence electrons. The number of thiophene rings is 1. The topological polar surface area (TPSA) is 49.9 Å². The quantitative estimate of drug-likeness (QED) is 0.357. The van der Waals surface area contributed by atoms with E-state index in [1.165, 1.54) is 17.0 Å². The molecular formula is C25H26BrFN2O3S. The van der Waals surface area contributed by atoms with E-state index >= 15 is 0 Å². The summed E-state index contributed by atoms with van der Waals surface area (Å²) in [7, 11) is 1.56. The van der Waals surface area contributed by atoms with E-state index < -0.39 is 0 Å². The molecule has 0 aliphatic carbocycles. The van der Waals surface area contributed by atoms with Crippen molar-refractivity contribution in [3.63, 3.8) is 0 Å². The Balaban J connectivity index is 1.82. The maximum absolute atomic E-state index is 13.4. The van der Waals surface area contributed by atoms with Gasteiger partial charge in [0.15, 0.2) is 0 Å². The number of rotatable bonds is 10. The SMILES string of the molecule is COCCN(CC(=O)N(Cc1ccc(F)cc1)Cc1sccc1C)C(=O)c1cccc(Br)c1. The van der Waals surface area contributed by atoms with Crippen LogP contribution in [0.15, 0.2) is 64.5 Å². The second-order valence-corrected chi connectivity index (χ2v) is 9.55. The molecule has 1 heterocycles. The molecule has 0 aliphatic heterocycles. The van der Waals surface area contributed by atoms with Crippen molar-refractivity contribution in [2.75, 3.05) is 26.8 Å². The Kier molecular flexibility index (Phi) is 9.17. The van der Waals surface area contributed by atoms with Crippen LogP contribution < -0.4 is 0 Å². The third-order valence-electron chi connectivity index (χ3n) is 5.19. The van der Waals surface area contributed by atoms with Gasteiger partial charge in [-0.2, -0.15) is 0 Å². The Morgan fingerprint density at radius 3 is 2.45 bits per heavy atom. The second kappa shape index (κ2) is 12.1. The average Bonchev–Trinajstić information content (AvgIpc) is 3.21. The van der Waals surface area contributed by atoms with E-state index in [0.717, 1.165) is 20.5 Å². The van der Waals surface area contributed by atoms with E-state index in [1.807, 2.05) is 24.4 Å². The van der Waals surface area contributed by atoms with Gasteiger partial charge in [0.1, 0.15) is 12.4 Å². The zero-order valence-electron chi connectivity index (χ0n) is 18.6. The second-order valence-electron chi connectivity index (χ2n) is 7.63. The fourth-order valence-electron chi connectivity index (χ4n) is 3.30. The van der Waals surface area contributed by atoms with Crippen LogP contribution in [0.5, 0.6) is 0 Å². The number of aryl methyl sites for hydroxylation is 1. The molecule has 0 unspecified atom stereocenters. The smallest absolute Gasteiger partial charge is 0.254 e. The van der Waals surface area contributed by atoms with Crippen LogP contribution in [0.4, 0.5) is 4.39 Å². The molecule has 8 heteroatoms. The zero-order valence-corrected chi connectivity index (χ0v) is 21.0. The zero-order chi connectivity index (χ0) is 23.8. The third-order valence-corrected chi connectivity index (χ3v) is 6.69. The van der Waals surface area contributed by atoms with Crippen molar-refractivity contribution in [2.45, 2.75) is 20.0 Å². The van der Waals surface area contributed by atoms with Gasteiger partial charge in [0.25, 0.3) is 5.91 Å². The summed E-state index contributed by atoms with van der Waals surface area (Å²) in [6.45, 7) is 3.27. The van der Waals surface area contributed by atoms with Crippen LogP contribution in [0.1, 0.15) is 26.4 Å². The van der Waals surface area contributed by atoms with Gasteiger partial charge in [-0.1, -0.05) is 34.1 Å². The predicted molar refractivity (Wildman–Crippen MR) is 132 cm³/mol. The summed E-state index contributed by atoms with van der Waals surface area (Å²) in [6.07, 6.45) is 0. The molecule has 1 aromatic heterocycles. The Morgan fingerprint density at radius 2 is 1.82 bits per heavy atom. The molecule has 0 N–H and O–H groups in total. The van der Waals surface area contributed by atoms with Gasteiger partial charge < -0.3 is 14.5 Å². The van der Waals surface area contributed by atoms with Gasteiger partial charge in [-0.05, 0) is 59.8 Å². The molecule has 0 aliphatic rings. The highest BCUT2D eigenvalue weighted by Crippen LogP contribution is 2.20. The molecule has 2 aromatic carbocycles. The number of carbonyl (C=O) groups excluding carboxylic acids is 2. The first-order valence-corrected chi connectivity index (χ1v) is 12.1. The highest BCUT2D eigenvalue weighted by atomic mass is 79.9. The van der Waals surface area contributed by atoms with Gasteiger partial charge in [0.2, 0.25) is 5.91 Å². The van der Waals surface area contributed by atoms with Crippen LogP contribution in [0.25, 0.3) is 0 Å². The van der Waals surface area contributed by atoms with Crippen LogP contribution >= 0.6 is 27.3 Å². The summed E-state index contributed by atoms with van der Waals surface area (Å²) in [6, 6.07) is 15.2. The Morgan fingerprint density at radius 1 is 1.06 bits per heavy atom. The van der Waals surface area contributed by atoms with Gasteiger partial charge >= 0.3 is 0 Å². The number of carbonyl (C=O) groups is 2. The van der Waals surface area contributed by atoms with Crippen molar-refractivity contribution in [3.05, 3.63) is 91.8 Å². The number of benzene rings is 2. The van der Waals surface area contributed by atoms with Crippen LogP contribution in [-0.4, -0.2) is 48.4 Å². The van der Waals surface area contributed by atoms with Gasteiger partial charge in [-0.15, -0.1) is 11.3 Å². The highest BCUT2D eigenvalue weighted by molar-refractivity contribution is 9.10. The van der Waals surface area contributed by atoms with Crippen molar-refractivity contribution < 1.29 is 18.7 Å². The molecule has 3 rings (SSSR count). The summed E-state index contributed by atoms with van der Waals surface area (Å²) in [5.74, 6) is -0.751. The molecular weight excluding hydrogens is 507 g/mol. The van der Waals surface area contributed by atoms with Gasteiger partial charge in [0.05, 0.1) is 13.2 Å². The maximum Gasteiger partial charge on any atom is 0.254 e. The number of nitrogens with zero attached hydrogens (tertiary/aromatic N) is 2. The molecule has 0 saturated heterocycles. The molecule has 0 saturated carbocycles. The van der Waals surface area contributed by atoms with Crippen molar-refractivity contribution in [3.8, 4) is 0 Å². The van der Waals surface area contributed by atoms with Crippen molar-refractivity contribution in [1.82, 2.24) is 9.80 Å². The summed E-state index contributed by atoms with van der Waals surface area (Å²) < 4.78 is 19.3. The van der Waals surface area contributed by atoms with Crippen molar-refractivity contribution in [1.29, 1.82) is 0 Å². The number of hydrogen-bond acceptors (Lipinski definition) is 4. The predicted octanol–water partition coefficient (Wildman–Crippen LogP) is 5.28.